The first-order chi connectivity index (χ1) is 9.72. The van der Waals surface area contributed by atoms with Crippen LogP contribution in [0.1, 0.15) is 44.9 Å². The van der Waals surface area contributed by atoms with Crippen molar-refractivity contribution in [1.82, 2.24) is 10.3 Å². The van der Waals surface area contributed by atoms with Gasteiger partial charge in [-0.15, -0.1) is 0 Å². The van der Waals surface area contributed by atoms with Gasteiger partial charge in [0, 0.05) is 25.3 Å². The zero-order valence-electron chi connectivity index (χ0n) is 13.1. The molecule has 1 aromatic rings. The van der Waals surface area contributed by atoms with Gasteiger partial charge in [0.05, 0.1) is 0 Å². The van der Waals surface area contributed by atoms with Crippen molar-refractivity contribution in [2.24, 2.45) is 0 Å². The normalized spacial score (nSPS) is 15.3. The van der Waals surface area contributed by atoms with Gasteiger partial charge < -0.3 is 10.2 Å². The van der Waals surface area contributed by atoms with Crippen LogP contribution in [0.5, 0.6) is 0 Å². The highest BCUT2D eigenvalue weighted by molar-refractivity contribution is 5.45. The second kappa shape index (κ2) is 7.44. The predicted octanol–water partition coefficient (Wildman–Crippen LogP) is 3.30. The fraction of sp³-hybridized carbons (Fsp3) is 0.588. The van der Waals surface area contributed by atoms with Crippen LogP contribution < -0.4 is 10.2 Å². The van der Waals surface area contributed by atoms with E-state index in [1.807, 2.05) is 0 Å². The number of nitrogens with zero attached hydrogens (tertiary/aromatic N) is 2. The molecule has 0 radical (unpaired) electrons. The molecule has 0 aromatic carbocycles. The average molecular weight is 273 g/mol. The molecule has 1 aromatic heterocycles. The molecule has 0 amide bonds. The number of aryl methyl sites for hydroxylation is 1. The van der Waals surface area contributed by atoms with Gasteiger partial charge in [0.15, 0.2) is 0 Å². The third-order valence-electron chi connectivity index (χ3n) is 3.80. The first-order valence-corrected chi connectivity index (χ1v) is 7.84. The fourth-order valence-electron chi connectivity index (χ4n) is 2.47. The number of pyridine rings is 1. The Balaban J connectivity index is 2.13. The van der Waals surface area contributed by atoms with Crippen LogP contribution in [0.15, 0.2) is 23.8 Å². The second-order valence-corrected chi connectivity index (χ2v) is 5.60. The smallest absolute Gasteiger partial charge is 0.129 e. The van der Waals surface area contributed by atoms with Gasteiger partial charge in [0.2, 0.25) is 0 Å². The number of rotatable bonds is 6. The van der Waals surface area contributed by atoms with Gasteiger partial charge in [0.25, 0.3) is 0 Å². The summed E-state index contributed by atoms with van der Waals surface area (Å²) in [5.74, 6) is 1.14. The van der Waals surface area contributed by atoms with Crippen LogP contribution in [0.25, 0.3) is 0 Å². The molecule has 2 heterocycles. The molecule has 1 aliphatic rings. The zero-order valence-corrected chi connectivity index (χ0v) is 13.1. The first-order valence-electron chi connectivity index (χ1n) is 7.84. The Bertz CT molecular complexity index is 465. The maximum absolute atomic E-state index is 4.80. The van der Waals surface area contributed by atoms with Crippen molar-refractivity contribution >= 4 is 5.82 Å². The van der Waals surface area contributed by atoms with E-state index >= 15 is 0 Å². The maximum atomic E-state index is 4.80. The van der Waals surface area contributed by atoms with E-state index in [4.69, 9.17) is 4.98 Å². The standard InChI is InChI=1S/C17H27N3/c1-4-8-18-13-15-11-16(5-2)19-17(12-15)20-9-6-14(3)7-10-20/h6,11-12,18H,4-5,7-10,13H2,1-3H3. The van der Waals surface area contributed by atoms with Gasteiger partial charge in [-0.2, -0.15) is 0 Å². The van der Waals surface area contributed by atoms with Gasteiger partial charge in [-0.3, -0.25) is 0 Å². The van der Waals surface area contributed by atoms with Crippen LogP contribution in [0.2, 0.25) is 0 Å². The minimum Gasteiger partial charge on any atom is -0.353 e. The molecule has 20 heavy (non-hydrogen) atoms. The SMILES string of the molecule is CCCNCc1cc(CC)nc(N2CC=C(C)CC2)c1. The summed E-state index contributed by atoms with van der Waals surface area (Å²) in [6.45, 7) is 10.7. The molecule has 0 spiro atoms. The summed E-state index contributed by atoms with van der Waals surface area (Å²) in [5.41, 5.74) is 4.05. The third kappa shape index (κ3) is 4.07. The molecule has 2 rings (SSSR count). The zero-order chi connectivity index (χ0) is 14.4. The van der Waals surface area contributed by atoms with Crippen molar-refractivity contribution in [2.75, 3.05) is 24.5 Å². The van der Waals surface area contributed by atoms with E-state index in [-0.39, 0.29) is 0 Å². The van der Waals surface area contributed by atoms with Gasteiger partial charge >= 0.3 is 0 Å². The number of aromatic nitrogens is 1. The van der Waals surface area contributed by atoms with E-state index in [0.717, 1.165) is 44.8 Å². The van der Waals surface area contributed by atoms with Crippen molar-refractivity contribution in [3.05, 3.63) is 35.0 Å². The highest BCUT2D eigenvalue weighted by atomic mass is 15.2. The van der Waals surface area contributed by atoms with Crippen LogP contribution in [-0.2, 0) is 13.0 Å². The molecule has 3 heteroatoms. The van der Waals surface area contributed by atoms with E-state index in [0.29, 0.717) is 0 Å². The Kier molecular flexibility index (Phi) is 5.60. The Morgan fingerprint density at radius 2 is 2.15 bits per heavy atom. The minimum atomic E-state index is 0.944. The molecule has 1 aliphatic heterocycles. The maximum Gasteiger partial charge on any atom is 0.129 e. The lowest BCUT2D eigenvalue weighted by Gasteiger charge is -2.27. The summed E-state index contributed by atoms with van der Waals surface area (Å²) in [7, 11) is 0. The van der Waals surface area contributed by atoms with Crippen molar-refractivity contribution < 1.29 is 0 Å². The Morgan fingerprint density at radius 3 is 2.80 bits per heavy atom. The largest absolute Gasteiger partial charge is 0.353 e. The van der Waals surface area contributed by atoms with Crippen LogP contribution in [0, 0.1) is 0 Å². The van der Waals surface area contributed by atoms with Crippen LogP contribution in [-0.4, -0.2) is 24.6 Å². The van der Waals surface area contributed by atoms with Crippen molar-refractivity contribution in [2.45, 2.75) is 46.6 Å². The summed E-state index contributed by atoms with van der Waals surface area (Å²) < 4.78 is 0. The summed E-state index contributed by atoms with van der Waals surface area (Å²) in [6, 6.07) is 4.48. The Hall–Kier alpha value is -1.35. The van der Waals surface area contributed by atoms with Crippen molar-refractivity contribution in [1.29, 1.82) is 0 Å². The lowest BCUT2D eigenvalue weighted by Crippen LogP contribution is -2.29. The summed E-state index contributed by atoms with van der Waals surface area (Å²) in [5, 5.41) is 3.48. The second-order valence-electron chi connectivity index (χ2n) is 5.60. The number of nitrogens with one attached hydrogen (secondary N) is 1. The van der Waals surface area contributed by atoms with E-state index in [1.165, 1.54) is 23.3 Å². The molecule has 110 valence electrons. The first kappa shape index (κ1) is 15.0. The summed E-state index contributed by atoms with van der Waals surface area (Å²) in [4.78, 5) is 7.18. The molecule has 0 unspecified atom stereocenters. The molecule has 1 N–H and O–H groups in total. The van der Waals surface area contributed by atoms with Gasteiger partial charge in [-0.05, 0) is 50.4 Å². The van der Waals surface area contributed by atoms with Crippen LogP contribution in [0.3, 0.4) is 0 Å². The lowest BCUT2D eigenvalue weighted by molar-refractivity contribution is 0.673. The van der Waals surface area contributed by atoms with Crippen molar-refractivity contribution in [3.8, 4) is 0 Å². The quantitative estimate of drug-likeness (QED) is 0.637. The van der Waals surface area contributed by atoms with Gasteiger partial charge in [-0.1, -0.05) is 25.5 Å². The fourth-order valence-corrected chi connectivity index (χ4v) is 2.47. The average Bonchev–Trinajstić information content (AvgIpc) is 2.48. The molecular weight excluding hydrogens is 246 g/mol. The molecule has 0 atom stereocenters. The van der Waals surface area contributed by atoms with Gasteiger partial charge in [0.1, 0.15) is 5.82 Å². The molecular formula is C17H27N3. The summed E-state index contributed by atoms with van der Waals surface area (Å²) >= 11 is 0. The minimum absolute atomic E-state index is 0.944. The van der Waals surface area contributed by atoms with Gasteiger partial charge in [-0.25, -0.2) is 4.98 Å². The molecule has 0 saturated carbocycles. The predicted molar refractivity (Wildman–Crippen MR) is 86.2 cm³/mol. The lowest BCUT2D eigenvalue weighted by atomic mass is 10.1. The molecule has 0 fully saturated rings. The Labute approximate surface area is 123 Å². The molecule has 0 saturated heterocycles. The molecule has 0 bridgehead atoms. The van der Waals surface area contributed by atoms with E-state index in [1.54, 1.807) is 0 Å². The van der Waals surface area contributed by atoms with Crippen molar-refractivity contribution in [3.63, 3.8) is 0 Å². The molecule has 0 aliphatic carbocycles. The number of hydrogen-bond acceptors (Lipinski definition) is 3. The number of hydrogen-bond donors (Lipinski definition) is 1. The van der Waals surface area contributed by atoms with E-state index < -0.39 is 0 Å². The van der Waals surface area contributed by atoms with E-state index in [2.05, 4.69) is 49.2 Å². The highest BCUT2D eigenvalue weighted by Crippen LogP contribution is 2.20. The van der Waals surface area contributed by atoms with Crippen LogP contribution in [0.4, 0.5) is 5.82 Å². The molecule has 3 nitrogen and oxygen atoms in total. The number of anilines is 1. The topological polar surface area (TPSA) is 28.2 Å². The monoisotopic (exact) mass is 273 g/mol. The summed E-state index contributed by atoms with van der Waals surface area (Å²) in [6.07, 6.45) is 5.65. The Morgan fingerprint density at radius 1 is 1.30 bits per heavy atom. The highest BCUT2D eigenvalue weighted by Gasteiger charge is 2.12. The third-order valence-corrected chi connectivity index (χ3v) is 3.80. The van der Waals surface area contributed by atoms with Crippen LogP contribution >= 0.6 is 0 Å². The van der Waals surface area contributed by atoms with E-state index in [9.17, 15) is 0 Å².